The van der Waals surface area contributed by atoms with Crippen LogP contribution in [0.2, 0.25) is 5.02 Å². The Hall–Kier alpha value is -1.13. The summed E-state index contributed by atoms with van der Waals surface area (Å²) >= 11 is 6.02. The van der Waals surface area contributed by atoms with Gasteiger partial charge < -0.3 is 10.8 Å². The number of rotatable bonds is 2. The van der Waals surface area contributed by atoms with Crippen molar-refractivity contribution in [3.63, 3.8) is 0 Å². The molecule has 2 saturated carbocycles. The Bertz CT molecular complexity index is 546. The second-order valence-corrected chi connectivity index (χ2v) is 6.52. The predicted molar refractivity (Wildman–Crippen MR) is 69.7 cm³/mol. The van der Waals surface area contributed by atoms with E-state index >= 15 is 0 Å². The molecule has 3 N–H and O–H groups in total. The number of carboxylic acid groups (broad SMARTS) is 1. The van der Waals surface area contributed by atoms with Crippen LogP contribution in [0.15, 0.2) is 24.3 Å². The molecule has 0 unspecified atom stereocenters. The van der Waals surface area contributed by atoms with Gasteiger partial charge >= 0.3 is 5.97 Å². The third-order valence-corrected chi connectivity index (χ3v) is 4.80. The second kappa shape index (κ2) is 3.70. The third kappa shape index (κ3) is 1.77. The summed E-state index contributed by atoms with van der Waals surface area (Å²) in [6.07, 6.45) is 1.34. The second-order valence-electron chi connectivity index (χ2n) is 6.11. The number of nitrogens with two attached hydrogens (primary N) is 1. The first kappa shape index (κ1) is 12.9. The molecule has 2 aliphatic carbocycles. The van der Waals surface area contributed by atoms with Gasteiger partial charge in [0.2, 0.25) is 0 Å². The van der Waals surface area contributed by atoms with E-state index in [1.165, 1.54) is 0 Å². The largest absolute Gasteiger partial charge is 0.480 e. The van der Waals surface area contributed by atoms with Crippen LogP contribution in [-0.2, 0) is 10.5 Å². The molecule has 0 atom stereocenters. The molecule has 0 heterocycles. The summed E-state index contributed by atoms with van der Waals surface area (Å²) in [5.74, 6) is -0.993. The Balaban J connectivity index is 1.74. The van der Waals surface area contributed by atoms with E-state index in [9.17, 15) is 9.18 Å². The predicted octanol–water partition coefficient (Wildman–Crippen LogP) is 2.86. The fourth-order valence-electron chi connectivity index (χ4n) is 3.84. The zero-order valence-electron chi connectivity index (χ0n) is 10.3. The lowest BCUT2D eigenvalue weighted by molar-refractivity contribution is -0.180. The fraction of sp³-hybridized carbons (Fsp3) is 0.500. The van der Waals surface area contributed by atoms with E-state index < -0.39 is 17.2 Å². The van der Waals surface area contributed by atoms with E-state index in [1.54, 1.807) is 24.3 Å². The van der Waals surface area contributed by atoms with Crippen molar-refractivity contribution in [2.75, 3.05) is 0 Å². The van der Waals surface area contributed by atoms with Gasteiger partial charge in [-0.25, -0.2) is 4.39 Å². The minimum absolute atomic E-state index is 0.249. The van der Waals surface area contributed by atoms with Crippen LogP contribution < -0.4 is 5.73 Å². The molecule has 0 bridgehead atoms. The summed E-state index contributed by atoms with van der Waals surface area (Å²) in [5, 5.41) is 9.42. The van der Waals surface area contributed by atoms with Gasteiger partial charge in [-0.05, 0) is 37.2 Å². The van der Waals surface area contributed by atoms with Crippen LogP contribution in [0.5, 0.6) is 0 Å². The highest BCUT2D eigenvalue weighted by Gasteiger charge is 2.67. The molecule has 102 valence electrons. The van der Waals surface area contributed by atoms with Gasteiger partial charge in [-0.2, -0.15) is 0 Å². The maximum Gasteiger partial charge on any atom is 0.323 e. The van der Waals surface area contributed by atoms with E-state index in [0.29, 0.717) is 36.3 Å². The van der Waals surface area contributed by atoms with E-state index in [1.807, 2.05) is 0 Å². The van der Waals surface area contributed by atoms with Gasteiger partial charge in [-0.3, -0.25) is 4.79 Å². The third-order valence-electron chi connectivity index (χ3n) is 4.47. The van der Waals surface area contributed by atoms with Crippen molar-refractivity contribution in [1.29, 1.82) is 0 Å². The monoisotopic (exact) mass is 283 g/mol. The molecule has 1 spiro atoms. The lowest BCUT2D eigenvalue weighted by Crippen LogP contribution is -2.68. The summed E-state index contributed by atoms with van der Waals surface area (Å²) in [4.78, 5) is 11.0. The normalized spacial score (nSPS) is 40.6. The number of halogens is 2. The van der Waals surface area contributed by atoms with E-state index in [4.69, 9.17) is 22.4 Å². The average Bonchev–Trinajstić information content (AvgIpc) is 2.25. The Morgan fingerprint density at radius 2 is 1.84 bits per heavy atom. The maximum absolute atomic E-state index is 14.8. The summed E-state index contributed by atoms with van der Waals surface area (Å²) in [7, 11) is 0. The number of benzene rings is 1. The van der Waals surface area contributed by atoms with Crippen molar-refractivity contribution in [3.8, 4) is 0 Å². The number of hydrogen-bond acceptors (Lipinski definition) is 2. The van der Waals surface area contributed by atoms with Gasteiger partial charge in [-0.1, -0.05) is 29.8 Å². The Morgan fingerprint density at radius 1 is 1.26 bits per heavy atom. The minimum Gasteiger partial charge on any atom is -0.480 e. The van der Waals surface area contributed by atoms with Crippen LogP contribution >= 0.6 is 11.6 Å². The fourth-order valence-corrected chi connectivity index (χ4v) is 4.14. The molecule has 0 aromatic heterocycles. The summed E-state index contributed by atoms with van der Waals surface area (Å²) in [6.45, 7) is 0. The van der Waals surface area contributed by atoms with Gasteiger partial charge in [0.05, 0.1) is 0 Å². The van der Waals surface area contributed by atoms with Gasteiger partial charge in [-0.15, -0.1) is 0 Å². The summed E-state index contributed by atoms with van der Waals surface area (Å²) in [5.41, 5.74) is 3.40. The van der Waals surface area contributed by atoms with Gasteiger partial charge in [0, 0.05) is 10.6 Å². The molecule has 3 rings (SSSR count). The van der Waals surface area contributed by atoms with Gasteiger partial charge in [0.25, 0.3) is 0 Å². The molecule has 2 fully saturated rings. The molecule has 3 nitrogen and oxygen atoms in total. The quantitative estimate of drug-likeness (QED) is 0.877. The molecule has 1 aromatic rings. The first-order valence-corrected chi connectivity index (χ1v) is 6.63. The zero-order valence-corrected chi connectivity index (χ0v) is 11.1. The SMILES string of the molecule is NC1(C(=O)O)CC2(C1)CC(F)(c1ccccc1Cl)C2. The highest BCUT2D eigenvalue weighted by molar-refractivity contribution is 6.31. The lowest BCUT2D eigenvalue weighted by Gasteiger charge is -2.62. The Morgan fingerprint density at radius 3 is 2.37 bits per heavy atom. The van der Waals surface area contributed by atoms with Crippen molar-refractivity contribution < 1.29 is 14.3 Å². The topological polar surface area (TPSA) is 63.3 Å². The highest BCUT2D eigenvalue weighted by atomic mass is 35.5. The molecular weight excluding hydrogens is 269 g/mol. The van der Waals surface area contributed by atoms with Gasteiger partial charge in [0.1, 0.15) is 11.2 Å². The number of aliphatic carboxylic acids is 1. The Kier molecular flexibility index (Phi) is 2.51. The first-order chi connectivity index (χ1) is 8.79. The van der Waals surface area contributed by atoms with Crippen LogP contribution in [0.3, 0.4) is 0 Å². The lowest BCUT2D eigenvalue weighted by atomic mass is 9.44. The molecule has 19 heavy (non-hydrogen) atoms. The first-order valence-electron chi connectivity index (χ1n) is 6.25. The number of alkyl halides is 1. The summed E-state index contributed by atoms with van der Waals surface area (Å²) in [6, 6.07) is 6.90. The molecule has 2 aliphatic rings. The van der Waals surface area contributed by atoms with Gasteiger partial charge in [0.15, 0.2) is 0 Å². The number of carbonyl (C=O) groups is 1. The smallest absolute Gasteiger partial charge is 0.323 e. The summed E-state index contributed by atoms with van der Waals surface area (Å²) < 4.78 is 14.8. The van der Waals surface area contributed by atoms with Crippen LogP contribution in [-0.4, -0.2) is 16.6 Å². The van der Waals surface area contributed by atoms with Crippen LogP contribution in [0, 0.1) is 5.41 Å². The van der Waals surface area contributed by atoms with Crippen molar-refractivity contribution >= 4 is 17.6 Å². The highest BCUT2D eigenvalue weighted by Crippen LogP contribution is 2.68. The molecule has 0 amide bonds. The molecule has 0 radical (unpaired) electrons. The molecule has 0 aliphatic heterocycles. The molecule has 5 heteroatoms. The van der Waals surface area contributed by atoms with Crippen molar-refractivity contribution in [1.82, 2.24) is 0 Å². The molecular formula is C14H15ClFNO2. The standard InChI is InChI=1S/C14H15ClFNO2/c15-10-4-2-1-3-9(10)13(16)5-12(6-13)7-14(17,8-12)11(18)19/h1-4H,5-8,17H2,(H,18,19). The maximum atomic E-state index is 14.8. The number of carboxylic acids is 1. The Labute approximate surface area is 115 Å². The van der Waals surface area contributed by atoms with Crippen LogP contribution in [0.1, 0.15) is 31.2 Å². The minimum atomic E-state index is -1.43. The zero-order chi connectivity index (χ0) is 13.9. The van der Waals surface area contributed by atoms with Crippen molar-refractivity contribution in [2.45, 2.75) is 36.9 Å². The van der Waals surface area contributed by atoms with Crippen molar-refractivity contribution in [2.24, 2.45) is 11.1 Å². The average molecular weight is 284 g/mol. The molecule has 1 aromatic carbocycles. The van der Waals surface area contributed by atoms with Crippen LogP contribution in [0.4, 0.5) is 4.39 Å². The molecule has 0 saturated heterocycles. The van der Waals surface area contributed by atoms with E-state index in [0.717, 1.165) is 0 Å². The van der Waals surface area contributed by atoms with Crippen molar-refractivity contribution in [3.05, 3.63) is 34.9 Å². The van der Waals surface area contributed by atoms with Crippen LogP contribution in [0.25, 0.3) is 0 Å². The van der Waals surface area contributed by atoms with E-state index in [2.05, 4.69) is 0 Å². The number of hydrogen-bond donors (Lipinski definition) is 2. The van der Waals surface area contributed by atoms with E-state index in [-0.39, 0.29) is 5.41 Å².